The number of benzene rings is 2. The monoisotopic (exact) mass is 459 g/mol. The van der Waals surface area contributed by atoms with Gasteiger partial charge < -0.3 is 19.5 Å². The zero-order valence-electron chi connectivity index (χ0n) is 13.2. The Hall–Kier alpha value is -1.96. The number of carbonyl (C=O) groups excluding carboxylic acids is 2. The normalized spacial score (nSPS) is 12.4. The second-order valence-corrected chi connectivity index (χ2v) is 6.96. The van der Waals surface area contributed by atoms with Crippen molar-refractivity contribution in [3.63, 3.8) is 0 Å². The Balaban J connectivity index is 1.61. The first kappa shape index (κ1) is 18.8. The van der Waals surface area contributed by atoms with Gasteiger partial charge in [0.25, 0.3) is 5.91 Å². The predicted molar refractivity (Wildman–Crippen MR) is 101 cm³/mol. The van der Waals surface area contributed by atoms with E-state index in [1.165, 1.54) is 12.1 Å². The average Bonchev–Trinajstić information content (AvgIpc) is 2.62. The molecule has 0 atom stereocenters. The van der Waals surface area contributed by atoms with Crippen LogP contribution in [0.3, 0.4) is 0 Å². The van der Waals surface area contributed by atoms with Crippen LogP contribution in [-0.4, -0.2) is 31.7 Å². The molecule has 2 aromatic carbocycles. The second-order valence-electron chi connectivity index (χ2n) is 5.23. The molecule has 9 heteroatoms. The average molecular weight is 461 g/mol. The molecule has 136 valence electrons. The number of hydrogen-bond acceptors (Lipinski definition) is 5. The van der Waals surface area contributed by atoms with Gasteiger partial charge in [0.1, 0.15) is 13.2 Å². The number of hydrogen-bond donors (Lipinski definition) is 1. The van der Waals surface area contributed by atoms with Crippen LogP contribution in [0.1, 0.15) is 10.4 Å². The number of rotatable bonds is 4. The highest BCUT2D eigenvalue weighted by Crippen LogP contribution is 2.38. The van der Waals surface area contributed by atoms with Crippen molar-refractivity contribution in [1.29, 1.82) is 0 Å². The van der Waals surface area contributed by atoms with Crippen molar-refractivity contribution in [2.75, 3.05) is 25.1 Å². The van der Waals surface area contributed by atoms with Gasteiger partial charge in [-0.3, -0.25) is 4.79 Å². The Kier molecular flexibility index (Phi) is 5.90. The first-order valence-electron chi connectivity index (χ1n) is 7.45. The van der Waals surface area contributed by atoms with Crippen molar-refractivity contribution in [3.05, 3.63) is 50.4 Å². The fraction of sp³-hybridized carbons (Fsp3) is 0.176. The summed E-state index contributed by atoms with van der Waals surface area (Å²) in [4.78, 5) is 24.1. The minimum Gasteiger partial charge on any atom is -0.486 e. The molecule has 2 aromatic rings. The van der Waals surface area contributed by atoms with Crippen LogP contribution in [0.5, 0.6) is 11.5 Å². The molecule has 0 bridgehead atoms. The quantitative estimate of drug-likeness (QED) is 0.687. The van der Waals surface area contributed by atoms with Crippen molar-refractivity contribution in [2.24, 2.45) is 0 Å². The van der Waals surface area contributed by atoms with Gasteiger partial charge in [-0.1, -0.05) is 39.1 Å². The number of halogens is 3. The number of fused-ring (bicyclic) bond motifs is 1. The van der Waals surface area contributed by atoms with Gasteiger partial charge >= 0.3 is 5.97 Å². The molecule has 0 aromatic heterocycles. The standard InChI is InChI=1S/C17H12BrCl2NO5/c18-10-1-2-13(11(19)7-10)21-15(22)8-26-17(23)9-5-12(20)16-14(6-9)24-3-4-25-16/h1-2,5-7H,3-4,8H2,(H,21,22). The molecule has 26 heavy (non-hydrogen) atoms. The maximum atomic E-state index is 12.2. The van der Waals surface area contributed by atoms with E-state index < -0.39 is 18.5 Å². The van der Waals surface area contributed by atoms with E-state index in [4.69, 9.17) is 37.4 Å². The van der Waals surface area contributed by atoms with E-state index in [0.29, 0.717) is 35.4 Å². The molecule has 3 rings (SSSR count). The van der Waals surface area contributed by atoms with Gasteiger partial charge in [0, 0.05) is 4.47 Å². The first-order chi connectivity index (χ1) is 12.4. The van der Waals surface area contributed by atoms with Crippen molar-refractivity contribution >= 4 is 56.7 Å². The lowest BCUT2D eigenvalue weighted by Crippen LogP contribution is -2.21. The third-order valence-corrected chi connectivity index (χ3v) is 4.46. The summed E-state index contributed by atoms with van der Waals surface area (Å²) >= 11 is 15.4. The summed E-state index contributed by atoms with van der Waals surface area (Å²) in [6.45, 7) is 0.269. The van der Waals surface area contributed by atoms with E-state index in [-0.39, 0.29) is 10.6 Å². The molecule has 0 aliphatic carbocycles. The van der Waals surface area contributed by atoms with Gasteiger partial charge in [-0.15, -0.1) is 0 Å². The second kappa shape index (κ2) is 8.16. The fourth-order valence-electron chi connectivity index (χ4n) is 2.22. The van der Waals surface area contributed by atoms with Crippen molar-refractivity contribution in [1.82, 2.24) is 0 Å². The van der Waals surface area contributed by atoms with E-state index >= 15 is 0 Å². The Labute approximate surface area is 167 Å². The number of esters is 1. The summed E-state index contributed by atoms with van der Waals surface area (Å²) in [6, 6.07) is 7.87. The summed E-state index contributed by atoms with van der Waals surface area (Å²) in [5.74, 6) is -0.481. The van der Waals surface area contributed by atoms with E-state index in [0.717, 1.165) is 4.47 Å². The molecule has 6 nitrogen and oxygen atoms in total. The van der Waals surface area contributed by atoms with E-state index in [2.05, 4.69) is 21.2 Å². The number of carbonyl (C=O) groups is 2. The molecule has 0 spiro atoms. The number of ether oxygens (including phenoxy) is 3. The van der Waals surface area contributed by atoms with Crippen molar-refractivity contribution in [3.8, 4) is 11.5 Å². The minimum absolute atomic E-state index is 0.161. The molecule has 0 saturated carbocycles. The lowest BCUT2D eigenvalue weighted by molar-refractivity contribution is -0.119. The molecular formula is C17H12BrCl2NO5. The van der Waals surface area contributed by atoms with Crippen LogP contribution in [-0.2, 0) is 9.53 Å². The lowest BCUT2D eigenvalue weighted by atomic mass is 10.2. The zero-order valence-corrected chi connectivity index (χ0v) is 16.3. The summed E-state index contributed by atoms with van der Waals surface area (Å²) in [5.41, 5.74) is 0.576. The first-order valence-corrected chi connectivity index (χ1v) is 9.00. The van der Waals surface area contributed by atoms with Gasteiger partial charge in [-0.05, 0) is 30.3 Å². The third kappa shape index (κ3) is 4.41. The van der Waals surface area contributed by atoms with Crippen molar-refractivity contribution in [2.45, 2.75) is 0 Å². The Morgan fingerprint density at radius 2 is 1.88 bits per heavy atom. The van der Waals surface area contributed by atoms with Crippen molar-refractivity contribution < 1.29 is 23.8 Å². The fourth-order valence-corrected chi connectivity index (χ4v) is 3.21. The molecule has 1 amide bonds. The van der Waals surface area contributed by atoms with Crippen LogP contribution >= 0.6 is 39.1 Å². The molecule has 1 N–H and O–H groups in total. The van der Waals surface area contributed by atoms with Crippen LogP contribution in [0.2, 0.25) is 10.0 Å². The molecule has 1 aliphatic heterocycles. The van der Waals surface area contributed by atoms with Gasteiger partial charge in [0.05, 0.1) is 21.3 Å². The zero-order chi connectivity index (χ0) is 18.7. The largest absolute Gasteiger partial charge is 0.486 e. The van der Waals surface area contributed by atoms with Crippen LogP contribution in [0.15, 0.2) is 34.8 Å². The van der Waals surface area contributed by atoms with Gasteiger partial charge in [0.2, 0.25) is 0 Å². The van der Waals surface area contributed by atoms with Gasteiger partial charge in [-0.2, -0.15) is 0 Å². The van der Waals surface area contributed by atoms with Gasteiger partial charge in [-0.25, -0.2) is 4.79 Å². The topological polar surface area (TPSA) is 73.9 Å². The van der Waals surface area contributed by atoms with E-state index in [1.54, 1.807) is 18.2 Å². The van der Waals surface area contributed by atoms with Crippen LogP contribution < -0.4 is 14.8 Å². The predicted octanol–water partition coefficient (Wildman–Crippen LogP) is 4.32. The molecule has 0 saturated heterocycles. The maximum absolute atomic E-state index is 12.2. The highest BCUT2D eigenvalue weighted by Gasteiger charge is 2.20. The number of nitrogens with one attached hydrogen (secondary N) is 1. The summed E-state index contributed by atoms with van der Waals surface area (Å²) in [7, 11) is 0. The Morgan fingerprint density at radius 3 is 2.65 bits per heavy atom. The van der Waals surface area contributed by atoms with E-state index in [9.17, 15) is 9.59 Å². The summed E-state index contributed by atoms with van der Waals surface area (Å²) in [5, 5.41) is 3.16. The number of anilines is 1. The van der Waals surface area contributed by atoms with Crippen LogP contribution in [0, 0.1) is 0 Å². The number of amides is 1. The molecule has 0 fully saturated rings. The van der Waals surface area contributed by atoms with Gasteiger partial charge in [0.15, 0.2) is 18.1 Å². The highest BCUT2D eigenvalue weighted by molar-refractivity contribution is 9.10. The Morgan fingerprint density at radius 1 is 1.12 bits per heavy atom. The van der Waals surface area contributed by atoms with E-state index in [1.807, 2.05) is 0 Å². The van der Waals surface area contributed by atoms with Crippen LogP contribution in [0.4, 0.5) is 5.69 Å². The molecule has 1 heterocycles. The third-order valence-electron chi connectivity index (χ3n) is 3.37. The van der Waals surface area contributed by atoms with Crippen LogP contribution in [0.25, 0.3) is 0 Å². The molecule has 1 aliphatic rings. The Bertz CT molecular complexity index is 874. The smallest absolute Gasteiger partial charge is 0.338 e. The summed E-state index contributed by atoms with van der Waals surface area (Å²) in [6.07, 6.45) is 0. The summed E-state index contributed by atoms with van der Waals surface area (Å²) < 4.78 is 16.6. The molecule has 0 radical (unpaired) electrons. The highest BCUT2D eigenvalue weighted by atomic mass is 79.9. The lowest BCUT2D eigenvalue weighted by Gasteiger charge is -2.19. The maximum Gasteiger partial charge on any atom is 0.338 e. The molecular weight excluding hydrogens is 449 g/mol. The minimum atomic E-state index is -0.707. The SMILES string of the molecule is O=C(COC(=O)c1cc(Cl)c2c(c1)OCCO2)Nc1ccc(Br)cc1Cl. The molecule has 0 unspecified atom stereocenters.